The van der Waals surface area contributed by atoms with Crippen molar-refractivity contribution in [2.75, 3.05) is 0 Å². The number of hydrogen-bond acceptors (Lipinski definition) is 6. The van der Waals surface area contributed by atoms with E-state index in [-0.39, 0.29) is 20.9 Å². The SMILES string of the molecule is Cc1ccc(S(=O)(=O)NC(NC(=O)NC(=O)NC(NS(=O)(=O)c2ccc(C)cc2)C(Cl)(Cl)c2ccccc2)C(Cl)(Cl)c2ccccc2)cc1. The fourth-order valence-corrected chi connectivity index (χ4v) is 7.91. The Morgan fingerprint density at radius 2 is 0.837 bits per heavy atom. The van der Waals surface area contributed by atoms with Crippen molar-refractivity contribution in [2.24, 2.45) is 0 Å². The van der Waals surface area contributed by atoms with Crippen LogP contribution in [0.4, 0.5) is 9.59 Å². The number of rotatable bonds is 12. The summed E-state index contributed by atoms with van der Waals surface area (Å²) in [6.45, 7) is 3.55. The molecule has 0 radical (unpaired) electrons. The molecule has 0 aliphatic heterocycles. The molecule has 0 aromatic heterocycles. The van der Waals surface area contributed by atoms with E-state index in [0.29, 0.717) is 0 Å². The van der Waals surface area contributed by atoms with Crippen LogP contribution in [0.3, 0.4) is 0 Å². The number of carbonyl (C=O) groups excluding carboxylic acids is 2. The van der Waals surface area contributed by atoms with Crippen LogP contribution in [-0.2, 0) is 28.7 Å². The van der Waals surface area contributed by atoms with Crippen molar-refractivity contribution < 1.29 is 26.4 Å². The van der Waals surface area contributed by atoms with Crippen LogP contribution in [0.5, 0.6) is 0 Å². The van der Waals surface area contributed by atoms with Crippen LogP contribution in [0.25, 0.3) is 0 Å². The average Bonchev–Trinajstić information content (AvgIpc) is 3.05. The second-order valence-corrected chi connectivity index (χ2v) is 17.0. The molecule has 2 atom stereocenters. The monoisotopic (exact) mass is 785 g/mol. The van der Waals surface area contributed by atoms with E-state index in [0.717, 1.165) is 11.1 Å². The third-order valence-electron chi connectivity index (χ3n) is 7.03. The molecule has 0 aliphatic carbocycles. The first-order valence-corrected chi connectivity index (χ1v) is 18.8. The molecule has 49 heavy (non-hydrogen) atoms. The average molecular weight is 788 g/mol. The van der Waals surface area contributed by atoms with E-state index in [1.807, 2.05) is 5.32 Å². The molecular formula is C32H31Cl4N5O6S2. The topological polar surface area (TPSA) is 163 Å². The van der Waals surface area contributed by atoms with Gasteiger partial charge in [0.25, 0.3) is 0 Å². The predicted octanol–water partition coefficient (Wildman–Crippen LogP) is 5.88. The van der Waals surface area contributed by atoms with Gasteiger partial charge in [0.15, 0.2) is 8.67 Å². The van der Waals surface area contributed by atoms with Gasteiger partial charge >= 0.3 is 12.1 Å². The van der Waals surface area contributed by atoms with Gasteiger partial charge in [-0.15, -0.1) is 0 Å². The maximum atomic E-state index is 13.3. The summed E-state index contributed by atoms with van der Waals surface area (Å²) in [6.07, 6.45) is -3.50. The van der Waals surface area contributed by atoms with Crippen LogP contribution in [0.15, 0.2) is 119 Å². The molecule has 4 amide bonds. The van der Waals surface area contributed by atoms with Gasteiger partial charge in [0.05, 0.1) is 9.79 Å². The van der Waals surface area contributed by atoms with Crippen LogP contribution in [0.1, 0.15) is 22.3 Å². The van der Waals surface area contributed by atoms with E-state index in [1.165, 1.54) is 48.5 Å². The number of aryl methyl sites for hydroxylation is 2. The van der Waals surface area contributed by atoms with Gasteiger partial charge in [-0.05, 0) is 49.2 Å². The summed E-state index contributed by atoms with van der Waals surface area (Å²) in [4.78, 5) is 26.1. The summed E-state index contributed by atoms with van der Waals surface area (Å²) in [5.41, 5.74) is 2.03. The van der Waals surface area contributed by atoms with E-state index in [4.69, 9.17) is 46.4 Å². The third-order valence-corrected chi connectivity index (χ3v) is 11.7. The highest BCUT2D eigenvalue weighted by Gasteiger charge is 2.43. The smallest absolute Gasteiger partial charge is 0.318 e. The number of amides is 4. The number of hydrogen-bond donors (Lipinski definition) is 5. The Hall–Kier alpha value is -3.40. The van der Waals surface area contributed by atoms with Gasteiger partial charge in [-0.3, -0.25) is 5.32 Å². The molecule has 4 aromatic carbocycles. The number of alkyl halides is 4. The zero-order valence-electron chi connectivity index (χ0n) is 25.8. The minimum absolute atomic E-state index is 0.148. The first-order chi connectivity index (χ1) is 22.9. The molecule has 0 saturated carbocycles. The summed E-state index contributed by atoms with van der Waals surface area (Å²) in [5.74, 6) is 0. The number of halogens is 4. The Kier molecular flexibility index (Phi) is 12.3. The molecule has 5 N–H and O–H groups in total. The molecule has 0 fully saturated rings. The van der Waals surface area contributed by atoms with E-state index < -0.39 is 53.1 Å². The maximum absolute atomic E-state index is 13.3. The summed E-state index contributed by atoms with van der Waals surface area (Å²) < 4.78 is 53.6. The standard InChI is InChI=1S/C32H31Cl4N5O6S2/c1-21-13-17-25(18-14-21)48(44,45)40-27(31(33,34)23-9-5-3-6-10-23)37-29(42)39-30(43)38-28(32(35,36)24-11-7-4-8-12-24)41-49(46,47)26-19-15-22(2)16-20-26/h3-20,27-28,40-41H,1-2H3,(H3,37,38,39,42,43). The number of benzene rings is 4. The molecule has 0 spiro atoms. The van der Waals surface area contributed by atoms with Crippen LogP contribution in [0.2, 0.25) is 0 Å². The van der Waals surface area contributed by atoms with E-state index in [2.05, 4.69) is 20.1 Å². The van der Waals surface area contributed by atoms with Crippen LogP contribution < -0.4 is 25.4 Å². The van der Waals surface area contributed by atoms with Gasteiger partial charge in [-0.1, -0.05) is 142 Å². The van der Waals surface area contributed by atoms with Crippen molar-refractivity contribution in [3.8, 4) is 0 Å². The van der Waals surface area contributed by atoms with Crippen molar-refractivity contribution >= 4 is 78.5 Å². The third kappa shape index (κ3) is 9.86. The molecule has 0 aliphatic rings. The fraction of sp³-hybridized carbons (Fsp3) is 0.188. The van der Waals surface area contributed by atoms with Crippen LogP contribution in [0, 0.1) is 13.8 Å². The molecule has 4 aromatic rings. The quantitative estimate of drug-likeness (QED) is 0.0890. The molecule has 4 rings (SSSR count). The molecule has 0 heterocycles. The Bertz CT molecular complexity index is 1840. The van der Waals surface area contributed by atoms with Crippen molar-refractivity contribution in [2.45, 2.75) is 44.6 Å². The number of carbonyl (C=O) groups is 2. The lowest BCUT2D eigenvalue weighted by molar-refractivity contribution is 0.220. The largest absolute Gasteiger partial charge is 0.324 e. The molecule has 11 nitrogen and oxygen atoms in total. The number of urea groups is 2. The van der Waals surface area contributed by atoms with Gasteiger partial charge < -0.3 is 10.6 Å². The van der Waals surface area contributed by atoms with Gasteiger partial charge in [-0.2, -0.15) is 9.44 Å². The molecule has 0 bridgehead atoms. The maximum Gasteiger partial charge on any atom is 0.324 e. The Morgan fingerprint density at radius 3 is 1.14 bits per heavy atom. The van der Waals surface area contributed by atoms with Crippen LogP contribution in [-0.4, -0.2) is 41.2 Å². The van der Waals surface area contributed by atoms with E-state index in [9.17, 15) is 26.4 Å². The minimum atomic E-state index is -4.33. The molecular weight excluding hydrogens is 756 g/mol. The van der Waals surface area contributed by atoms with E-state index in [1.54, 1.807) is 74.5 Å². The Morgan fingerprint density at radius 1 is 0.531 bits per heavy atom. The van der Waals surface area contributed by atoms with Gasteiger partial charge in [-0.25, -0.2) is 26.4 Å². The zero-order valence-corrected chi connectivity index (χ0v) is 30.5. The second-order valence-electron chi connectivity index (χ2n) is 10.8. The number of sulfonamides is 2. The summed E-state index contributed by atoms with van der Waals surface area (Å²) in [7, 11) is -8.67. The number of imide groups is 1. The lowest BCUT2D eigenvalue weighted by Crippen LogP contribution is -2.62. The minimum Gasteiger partial charge on any atom is -0.318 e. The first kappa shape index (κ1) is 38.4. The Balaban J connectivity index is 1.59. The fourth-order valence-electron chi connectivity index (χ4n) is 4.36. The van der Waals surface area contributed by atoms with Crippen molar-refractivity contribution in [3.05, 3.63) is 131 Å². The molecule has 0 saturated heterocycles. The van der Waals surface area contributed by atoms with Crippen molar-refractivity contribution in [3.63, 3.8) is 0 Å². The predicted molar refractivity (Wildman–Crippen MR) is 190 cm³/mol. The lowest BCUT2D eigenvalue weighted by Gasteiger charge is -2.32. The first-order valence-electron chi connectivity index (χ1n) is 14.3. The van der Waals surface area contributed by atoms with Gasteiger partial charge in [0.1, 0.15) is 12.3 Å². The lowest BCUT2D eigenvalue weighted by atomic mass is 10.1. The highest BCUT2D eigenvalue weighted by Crippen LogP contribution is 2.38. The highest BCUT2D eigenvalue weighted by atomic mass is 35.5. The second kappa shape index (κ2) is 15.7. The zero-order chi connectivity index (χ0) is 36.0. The highest BCUT2D eigenvalue weighted by molar-refractivity contribution is 7.89. The molecule has 2 unspecified atom stereocenters. The van der Waals surface area contributed by atoms with Crippen molar-refractivity contribution in [1.29, 1.82) is 0 Å². The normalized spacial score (nSPS) is 13.6. The summed E-state index contributed by atoms with van der Waals surface area (Å²) >= 11 is 26.7. The molecule has 260 valence electrons. The van der Waals surface area contributed by atoms with Gasteiger partial charge in [0, 0.05) is 0 Å². The number of nitrogens with one attached hydrogen (secondary N) is 5. The summed E-state index contributed by atoms with van der Waals surface area (Å²) in [6, 6.07) is 25.0. The van der Waals surface area contributed by atoms with E-state index >= 15 is 0 Å². The van der Waals surface area contributed by atoms with Crippen molar-refractivity contribution in [1.82, 2.24) is 25.4 Å². The van der Waals surface area contributed by atoms with Crippen LogP contribution >= 0.6 is 46.4 Å². The van der Waals surface area contributed by atoms with Gasteiger partial charge in [0.2, 0.25) is 20.0 Å². The Labute approximate surface area is 304 Å². The summed E-state index contributed by atoms with van der Waals surface area (Å²) in [5, 5.41) is 6.50. The molecule has 17 heteroatoms.